The predicted octanol–water partition coefficient (Wildman–Crippen LogP) is 5.02. The molecule has 0 bridgehead atoms. The van der Waals surface area contributed by atoms with Crippen LogP contribution < -0.4 is 0 Å². The molecular weight excluding hydrogens is 354 g/mol. The van der Waals surface area contributed by atoms with Gasteiger partial charge in [0.05, 0.1) is 18.0 Å². The molecule has 4 nitrogen and oxygen atoms in total. The monoisotopic (exact) mass is 379 g/mol. The van der Waals surface area contributed by atoms with Gasteiger partial charge in [-0.25, -0.2) is 0 Å². The molecule has 0 saturated carbocycles. The molecule has 0 N–H and O–H groups in total. The van der Waals surface area contributed by atoms with E-state index >= 15 is 0 Å². The van der Waals surface area contributed by atoms with Gasteiger partial charge in [0.15, 0.2) is 5.17 Å². The molecule has 2 aromatic rings. The van der Waals surface area contributed by atoms with E-state index in [0.29, 0.717) is 11.7 Å². The SMILES string of the molecule is CCCC[C@H]1S/C(=N/N=C\c2ccc(C)cc2)N(Cc2ccccc2)C1=O. The van der Waals surface area contributed by atoms with Crippen molar-refractivity contribution in [1.29, 1.82) is 0 Å². The summed E-state index contributed by atoms with van der Waals surface area (Å²) in [5, 5.41) is 9.26. The van der Waals surface area contributed by atoms with Crippen molar-refractivity contribution in [3.8, 4) is 0 Å². The fourth-order valence-electron chi connectivity index (χ4n) is 2.87. The third-order valence-electron chi connectivity index (χ3n) is 4.45. The quantitative estimate of drug-likeness (QED) is 0.501. The normalized spacial score (nSPS) is 18.7. The highest BCUT2D eigenvalue weighted by Crippen LogP contribution is 2.32. The van der Waals surface area contributed by atoms with Crippen molar-refractivity contribution in [3.63, 3.8) is 0 Å². The first-order valence-corrected chi connectivity index (χ1v) is 10.2. The minimum atomic E-state index is -0.0537. The largest absolute Gasteiger partial charge is 0.284 e. The maximum atomic E-state index is 12.9. The molecule has 1 aliphatic heterocycles. The molecule has 140 valence electrons. The van der Waals surface area contributed by atoms with Crippen LogP contribution >= 0.6 is 11.8 Å². The second-order valence-corrected chi connectivity index (χ2v) is 7.87. The van der Waals surface area contributed by atoms with Crippen molar-refractivity contribution >= 4 is 29.1 Å². The summed E-state index contributed by atoms with van der Waals surface area (Å²) in [7, 11) is 0. The zero-order valence-corrected chi connectivity index (χ0v) is 16.7. The van der Waals surface area contributed by atoms with Crippen molar-refractivity contribution in [2.24, 2.45) is 10.2 Å². The number of unbranched alkanes of at least 4 members (excludes halogenated alkanes) is 1. The molecule has 1 fully saturated rings. The number of thioether (sulfide) groups is 1. The number of aryl methyl sites for hydroxylation is 1. The maximum Gasteiger partial charge on any atom is 0.242 e. The Morgan fingerprint density at radius 1 is 1.11 bits per heavy atom. The first-order valence-electron chi connectivity index (χ1n) is 9.37. The molecular formula is C22H25N3OS. The molecule has 2 aromatic carbocycles. The molecule has 1 amide bonds. The third-order valence-corrected chi connectivity index (χ3v) is 5.69. The number of carbonyl (C=O) groups excluding carboxylic acids is 1. The topological polar surface area (TPSA) is 45.0 Å². The van der Waals surface area contributed by atoms with E-state index in [-0.39, 0.29) is 11.2 Å². The first-order chi connectivity index (χ1) is 13.2. The van der Waals surface area contributed by atoms with E-state index in [1.165, 1.54) is 17.3 Å². The van der Waals surface area contributed by atoms with Crippen LogP contribution in [0.15, 0.2) is 64.8 Å². The van der Waals surface area contributed by atoms with Crippen molar-refractivity contribution in [2.45, 2.75) is 44.9 Å². The molecule has 1 saturated heterocycles. The van der Waals surface area contributed by atoms with Crippen LogP contribution in [0.4, 0.5) is 0 Å². The zero-order valence-electron chi connectivity index (χ0n) is 15.8. The van der Waals surface area contributed by atoms with Crippen LogP contribution in [0.25, 0.3) is 0 Å². The molecule has 0 aliphatic carbocycles. The van der Waals surface area contributed by atoms with E-state index in [4.69, 9.17) is 0 Å². The molecule has 5 heteroatoms. The summed E-state index contributed by atoms with van der Waals surface area (Å²) >= 11 is 1.54. The predicted molar refractivity (Wildman–Crippen MR) is 114 cm³/mol. The number of rotatable bonds is 7. The van der Waals surface area contributed by atoms with Gasteiger partial charge in [0, 0.05) is 0 Å². The number of amides is 1. The van der Waals surface area contributed by atoms with Crippen molar-refractivity contribution in [2.75, 3.05) is 0 Å². The molecule has 0 radical (unpaired) electrons. The lowest BCUT2D eigenvalue weighted by Crippen LogP contribution is -2.31. The van der Waals surface area contributed by atoms with Gasteiger partial charge in [-0.1, -0.05) is 91.7 Å². The van der Waals surface area contributed by atoms with E-state index in [2.05, 4.69) is 24.1 Å². The van der Waals surface area contributed by atoms with Crippen LogP contribution in [0.2, 0.25) is 0 Å². The molecule has 3 rings (SSSR count). The molecule has 0 aromatic heterocycles. The fourth-order valence-corrected chi connectivity index (χ4v) is 4.01. The highest BCUT2D eigenvalue weighted by Gasteiger charge is 2.37. The van der Waals surface area contributed by atoms with Gasteiger partial charge < -0.3 is 0 Å². The maximum absolute atomic E-state index is 12.9. The summed E-state index contributed by atoms with van der Waals surface area (Å²) < 4.78 is 0. The Bertz CT molecular complexity index is 815. The van der Waals surface area contributed by atoms with E-state index in [1.54, 1.807) is 11.1 Å². The van der Waals surface area contributed by atoms with Crippen LogP contribution in [-0.4, -0.2) is 27.4 Å². The van der Waals surface area contributed by atoms with Gasteiger partial charge in [-0.15, -0.1) is 5.10 Å². The van der Waals surface area contributed by atoms with Crippen LogP contribution in [0.5, 0.6) is 0 Å². The Morgan fingerprint density at radius 2 is 1.85 bits per heavy atom. The summed E-state index contributed by atoms with van der Waals surface area (Å²) in [5.74, 6) is 0.140. The summed E-state index contributed by atoms with van der Waals surface area (Å²) in [6.07, 6.45) is 4.74. The standard InChI is InChI=1S/C22H25N3OS/c1-3-4-10-20-21(26)25(16-19-8-6-5-7-9-19)22(27-20)24-23-15-18-13-11-17(2)12-14-18/h5-9,11-15,20H,3-4,10,16H2,1-2H3/b23-15-,24-22+/t20-/m1/s1. The van der Waals surface area contributed by atoms with Gasteiger partial charge in [0.1, 0.15) is 0 Å². The van der Waals surface area contributed by atoms with Crippen LogP contribution in [0.3, 0.4) is 0 Å². The Labute approximate surface area is 165 Å². The second kappa shape index (κ2) is 9.51. The lowest BCUT2D eigenvalue weighted by atomic mass is 10.1. The van der Waals surface area contributed by atoms with E-state index in [1.807, 2.05) is 54.6 Å². The number of benzene rings is 2. The van der Waals surface area contributed by atoms with Crippen molar-refractivity contribution < 1.29 is 4.79 Å². The second-order valence-electron chi connectivity index (χ2n) is 6.70. The van der Waals surface area contributed by atoms with E-state index in [9.17, 15) is 4.79 Å². The van der Waals surface area contributed by atoms with Crippen molar-refractivity contribution in [1.82, 2.24) is 4.90 Å². The number of carbonyl (C=O) groups is 1. The summed E-state index contributed by atoms with van der Waals surface area (Å²) in [6, 6.07) is 18.1. The Balaban J connectivity index is 1.77. The summed E-state index contributed by atoms with van der Waals surface area (Å²) in [5.41, 5.74) is 3.30. The molecule has 1 heterocycles. The van der Waals surface area contributed by atoms with Gasteiger partial charge in [-0.05, 0) is 24.5 Å². The number of hydrogen-bond donors (Lipinski definition) is 0. The van der Waals surface area contributed by atoms with Crippen molar-refractivity contribution in [3.05, 3.63) is 71.3 Å². The molecule has 0 spiro atoms. The smallest absolute Gasteiger partial charge is 0.242 e. The van der Waals surface area contributed by atoms with Gasteiger partial charge >= 0.3 is 0 Å². The van der Waals surface area contributed by atoms with E-state index in [0.717, 1.165) is 30.4 Å². The Hall–Kier alpha value is -2.40. The Kier molecular flexibility index (Phi) is 6.82. The first kappa shape index (κ1) is 19.4. The molecule has 27 heavy (non-hydrogen) atoms. The highest BCUT2D eigenvalue weighted by molar-refractivity contribution is 8.15. The fraction of sp³-hybridized carbons (Fsp3) is 0.318. The molecule has 1 aliphatic rings. The zero-order chi connectivity index (χ0) is 19.1. The summed E-state index contributed by atoms with van der Waals surface area (Å²) in [4.78, 5) is 14.6. The minimum Gasteiger partial charge on any atom is -0.284 e. The number of amidine groups is 1. The van der Waals surface area contributed by atoms with Crippen LogP contribution in [-0.2, 0) is 11.3 Å². The van der Waals surface area contributed by atoms with E-state index < -0.39 is 0 Å². The minimum absolute atomic E-state index is 0.0537. The average Bonchev–Trinajstić information content (AvgIpc) is 2.98. The van der Waals surface area contributed by atoms with Crippen LogP contribution in [0.1, 0.15) is 42.9 Å². The lowest BCUT2D eigenvalue weighted by Gasteiger charge is -2.15. The highest BCUT2D eigenvalue weighted by atomic mass is 32.2. The van der Waals surface area contributed by atoms with Crippen LogP contribution in [0, 0.1) is 6.92 Å². The molecule has 1 atom stereocenters. The number of nitrogens with zero attached hydrogens (tertiary/aromatic N) is 3. The van der Waals surface area contributed by atoms with Gasteiger partial charge in [0.25, 0.3) is 0 Å². The van der Waals surface area contributed by atoms with Gasteiger partial charge in [-0.3, -0.25) is 9.69 Å². The van der Waals surface area contributed by atoms with Gasteiger partial charge in [0.2, 0.25) is 5.91 Å². The molecule has 0 unspecified atom stereocenters. The Morgan fingerprint density at radius 3 is 2.56 bits per heavy atom. The third kappa shape index (κ3) is 5.30. The van der Waals surface area contributed by atoms with Gasteiger partial charge in [-0.2, -0.15) is 5.10 Å². The average molecular weight is 380 g/mol. The summed E-state index contributed by atoms with van der Waals surface area (Å²) in [6.45, 7) is 4.74. The number of hydrogen-bond acceptors (Lipinski definition) is 4. The lowest BCUT2D eigenvalue weighted by molar-refractivity contribution is -0.126.